The topological polar surface area (TPSA) is 67.4 Å². The lowest BCUT2D eigenvalue weighted by Gasteiger charge is -2.18. The Morgan fingerprint density at radius 2 is 1.75 bits per heavy atom. The lowest BCUT2D eigenvalue weighted by atomic mass is 10.1. The number of urea groups is 1. The summed E-state index contributed by atoms with van der Waals surface area (Å²) in [6, 6.07) is 14.0. The zero-order chi connectivity index (χ0) is 17.5. The fourth-order valence-electron chi connectivity index (χ4n) is 2.39. The average molecular weight is 326 g/mol. The quantitative estimate of drug-likeness (QED) is 0.829. The SMILES string of the molecule is COC(=O)[C@H](Cc1ccccc1)NC(=O)Nc1cccc(C)c1C. The summed E-state index contributed by atoms with van der Waals surface area (Å²) in [6.45, 7) is 3.91. The standard InChI is InChI=1S/C19H22N2O3/c1-13-8-7-11-16(14(13)2)20-19(23)21-17(18(22)24-3)12-15-9-5-4-6-10-15/h4-11,17H,12H2,1-3H3,(H2,20,21,23)/t17-/m0/s1. The number of amides is 2. The van der Waals surface area contributed by atoms with Crippen molar-refractivity contribution in [2.45, 2.75) is 26.3 Å². The summed E-state index contributed by atoms with van der Waals surface area (Å²) >= 11 is 0. The predicted molar refractivity (Wildman–Crippen MR) is 94.0 cm³/mol. The van der Waals surface area contributed by atoms with Crippen molar-refractivity contribution in [3.63, 3.8) is 0 Å². The molecule has 0 fully saturated rings. The van der Waals surface area contributed by atoms with E-state index in [1.165, 1.54) is 7.11 Å². The van der Waals surface area contributed by atoms with Crippen LogP contribution < -0.4 is 10.6 Å². The Balaban J connectivity index is 2.07. The Morgan fingerprint density at radius 3 is 2.42 bits per heavy atom. The second-order valence-electron chi connectivity index (χ2n) is 5.61. The summed E-state index contributed by atoms with van der Waals surface area (Å²) in [6.07, 6.45) is 0.369. The van der Waals surface area contributed by atoms with Gasteiger partial charge in [-0.1, -0.05) is 42.5 Å². The molecule has 0 saturated carbocycles. The molecular formula is C19H22N2O3. The van der Waals surface area contributed by atoms with E-state index in [0.717, 1.165) is 22.4 Å². The number of aryl methyl sites for hydroxylation is 1. The summed E-state index contributed by atoms with van der Waals surface area (Å²) in [7, 11) is 1.31. The summed E-state index contributed by atoms with van der Waals surface area (Å²) in [5.74, 6) is -0.477. The van der Waals surface area contributed by atoms with E-state index in [1.807, 2.05) is 62.4 Å². The number of carbonyl (C=O) groups is 2. The third kappa shape index (κ3) is 4.59. The molecule has 2 aromatic carbocycles. The van der Waals surface area contributed by atoms with Crippen LogP contribution in [0.3, 0.4) is 0 Å². The van der Waals surface area contributed by atoms with E-state index < -0.39 is 18.0 Å². The highest BCUT2D eigenvalue weighted by Crippen LogP contribution is 2.17. The molecule has 1 atom stereocenters. The van der Waals surface area contributed by atoms with Gasteiger partial charge in [0.1, 0.15) is 6.04 Å². The largest absolute Gasteiger partial charge is 0.467 e. The zero-order valence-electron chi connectivity index (χ0n) is 14.1. The van der Waals surface area contributed by atoms with Gasteiger partial charge in [0.15, 0.2) is 0 Å². The highest BCUT2D eigenvalue weighted by molar-refractivity contribution is 5.93. The van der Waals surface area contributed by atoms with Crippen molar-refractivity contribution >= 4 is 17.7 Å². The van der Waals surface area contributed by atoms with Crippen molar-refractivity contribution in [2.24, 2.45) is 0 Å². The number of rotatable bonds is 5. The number of benzene rings is 2. The summed E-state index contributed by atoms with van der Waals surface area (Å²) in [5.41, 5.74) is 3.74. The van der Waals surface area contributed by atoms with Crippen LogP contribution in [0.2, 0.25) is 0 Å². The van der Waals surface area contributed by atoms with Gasteiger partial charge in [-0.2, -0.15) is 0 Å². The van der Waals surface area contributed by atoms with Crippen LogP contribution in [-0.4, -0.2) is 25.2 Å². The van der Waals surface area contributed by atoms with Gasteiger partial charge < -0.3 is 15.4 Å². The van der Waals surface area contributed by atoms with Crippen molar-refractivity contribution in [2.75, 3.05) is 12.4 Å². The molecule has 0 aliphatic carbocycles. The normalized spacial score (nSPS) is 11.5. The molecule has 5 nitrogen and oxygen atoms in total. The Labute approximate surface area is 142 Å². The Hall–Kier alpha value is -2.82. The lowest BCUT2D eigenvalue weighted by Crippen LogP contribution is -2.45. The first-order chi connectivity index (χ1) is 11.5. The number of hydrogen-bond acceptors (Lipinski definition) is 3. The monoisotopic (exact) mass is 326 g/mol. The van der Waals surface area contributed by atoms with Crippen LogP contribution in [-0.2, 0) is 16.0 Å². The van der Waals surface area contributed by atoms with Crippen molar-refractivity contribution in [1.29, 1.82) is 0 Å². The molecule has 2 rings (SSSR count). The molecule has 0 aromatic heterocycles. The summed E-state index contributed by atoms with van der Waals surface area (Å²) < 4.78 is 4.80. The van der Waals surface area contributed by atoms with Crippen molar-refractivity contribution < 1.29 is 14.3 Å². The van der Waals surface area contributed by atoms with Crippen molar-refractivity contribution in [3.8, 4) is 0 Å². The maximum atomic E-state index is 12.3. The number of anilines is 1. The molecule has 0 radical (unpaired) electrons. The summed E-state index contributed by atoms with van der Waals surface area (Å²) in [4.78, 5) is 24.2. The molecule has 0 aliphatic rings. The van der Waals surface area contributed by atoms with Crippen LogP contribution in [0.5, 0.6) is 0 Å². The maximum absolute atomic E-state index is 12.3. The number of hydrogen-bond donors (Lipinski definition) is 2. The van der Waals surface area contributed by atoms with E-state index in [-0.39, 0.29) is 0 Å². The molecular weight excluding hydrogens is 304 g/mol. The first-order valence-electron chi connectivity index (χ1n) is 7.76. The van der Waals surface area contributed by atoms with Gasteiger partial charge in [0.2, 0.25) is 0 Å². The Kier molecular flexibility index (Phi) is 5.95. The zero-order valence-corrected chi connectivity index (χ0v) is 14.1. The van der Waals surface area contributed by atoms with E-state index in [1.54, 1.807) is 0 Å². The first kappa shape index (κ1) is 17.5. The molecule has 126 valence electrons. The van der Waals surface area contributed by atoms with Gasteiger partial charge >= 0.3 is 12.0 Å². The van der Waals surface area contributed by atoms with Gasteiger partial charge in [-0.05, 0) is 36.6 Å². The molecule has 0 heterocycles. The van der Waals surface area contributed by atoms with Crippen molar-refractivity contribution in [3.05, 3.63) is 65.2 Å². The number of carbonyl (C=O) groups excluding carboxylic acids is 2. The lowest BCUT2D eigenvalue weighted by molar-refractivity contribution is -0.142. The third-order valence-electron chi connectivity index (χ3n) is 3.93. The molecule has 2 aromatic rings. The van der Waals surface area contributed by atoms with Crippen LogP contribution in [0.4, 0.5) is 10.5 Å². The second-order valence-corrected chi connectivity index (χ2v) is 5.61. The van der Waals surface area contributed by atoms with Gasteiger partial charge in [-0.15, -0.1) is 0 Å². The number of ether oxygens (including phenoxy) is 1. The van der Waals surface area contributed by atoms with Gasteiger partial charge in [0, 0.05) is 12.1 Å². The van der Waals surface area contributed by atoms with Crippen LogP contribution in [0.25, 0.3) is 0 Å². The molecule has 2 amide bonds. The minimum atomic E-state index is -0.748. The van der Waals surface area contributed by atoms with E-state index >= 15 is 0 Å². The highest BCUT2D eigenvalue weighted by Gasteiger charge is 2.22. The number of esters is 1. The average Bonchev–Trinajstić information content (AvgIpc) is 2.58. The molecule has 0 saturated heterocycles. The maximum Gasteiger partial charge on any atom is 0.328 e. The van der Waals surface area contributed by atoms with Gasteiger partial charge in [-0.3, -0.25) is 0 Å². The smallest absolute Gasteiger partial charge is 0.328 e. The van der Waals surface area contributed by atoms with E-state index in [4.69, 9.17) is 4.74 Å². The Morgan fingerprint density at radius 1 is 1.04 bits per heavy atom. The summed E-state index contributed by atoms with van der Waals surface area (Å²) in [5, 5.41) is 5.48. The molecule has 0 bridgehead atoms. The van der Waals surface area contributed by atoms with Crippen LogP contribution in [0.15, 0.2) is 48.5 Å². The van der Waals surface area contributed by atoms with E-state index in [2.05, 4.69) is 10.6 Å². The Bertz CT molecular complexity index is 714. The second kappa shape index (κ2) is 8.15. The van der Waals surface area contributed by atoms with Crippen LogP contribution in [0.1, 0.15) is 16.7 Å². The fraction of sp³-hybridized carbons (Fsp3) is 0.263. The minimum absolute atomic E-state index is 0.369. The molecule has 0 spiro atoms. The van der Waals surface area contributed by atoms with E-state index in [0.29, 0.717) is 6.42 Å². The fourth-order valence-corrected chi connectivity index (χ4v) is 2.39. The molecule has 2 N–H and O–H groups in total. The minimum Gasteiger partial charge on any atom is -0.467 e. The molecule has 24 heavy (non-hydrogen) atoms. The van der Waals surface area contributed by atoms with Crippen molar-refractivity contribution in [1.82, 2.24) is 5.32 Å². The highest BCUT2D eigenvalue weighted by atomic mass is 16.5. The third-order valence-corrected chi connectivity index (χ3v) is 3.93. The number of methoxy groups -OCH3 is 1. The predicted octanol–water partition coefficient (Wildman–Crippen LogP) is 3.21. The van der Waals surface area contributed by atoms with Gasteiger partial charge in [-0.25, -0.2) is 9.59 Å². The first-order valence-corrected chi connectivity index (χ1v) is 7.76. The van der Waals surface area contributed by atoms with Crippen LogP contribution in [0, 0.1) is 13.8 Å². The molecule has 0 unspecified atom stereocenters. The molecule has 5 heteroatoms. The number of nitrogens with one attached hydrogen (secondary N) is 2. The van der Waals surface area contributed by atoms with Gasteiger partial charge in [0.05, 0.1) is 7.11 Å². The van der Waals surface area contributed by atoms with E-state index in [9.17, 15) is 9.59 Å². The van der Waals surface area contributed by atoms with Crippen LogP contribution >= 0.6 is 0 Å². The van der Waals surface area contributed by atoms with Gasteiger partial charge in [0.25, 0.3) is 0 Å². The molecule has 0 aliphatic heterocycles.